The van der Waals surface area contributed by atoms with E-state index in [1.54, 1.807) is 0 Å². The van der Waals surface area contributed by atoms with Crippen LogP contribution in [0.4, 0.5) is 0 Å². The van der Waals surface area contributed by atoms with E-state index < -0.39 is 0 Å². The molecule has 28 valence electrons. The molecule has 0 heterocycles. The summed E-state index contributed by atoms with van der Waals surface area (Å²) in [6.07, 6.45) is 0. The molecule has 0 aromatic heterocycles. The van der Waals surface area contributed by atoms with Gasteiger partial charge in [-0.05, 0) is 0 Å². The average molecular weight is 214 g/mol. The molecule has 0 atom stereocenters. The Labute approximate surface area is 71.9 Å². The molecule has 0 aliphatic rings. The van der Waals surface area contributed by atoms with Crippen molar-refractivity contribution in [1.82, 2.24) is 0 Å². The van der Waals surface area contributed by atoms with Crippen LogP contribution in [0, 0.1) is 0 Å². The van der Waals surface area contributed by atoms with Crippen LogP contribution in [-0.2, 0) is 72.6 Å². The molecule has 0 aliphatic carbocycles. The van der Waals surface area contributed by atoms with Crippen LogP contribution >= 0.6 is 0 Å². The van der Waals surface area contributed by atoms with E-state index in [0.29, 0.717) is 0 Å². The van der Waals surface area contributed by atoms with Gasteiger partial charge in [0.25, 0.3) is 0 Å². The summed E-state index contributed by atoms with van der Waals surface area (Å²) in [5.74, 6) is 0. The Hall–Kier alpha value is 2.26. The number of hydrogen-bond donors (Lipinski definition) is 0. The molecule has 0 fully saturated rings. The molecule has 0 unspecified atom stereocenters. The summed E-state index contributed by atoms with van der Waals surface area (Å²) < 4.78 is 0. The molecule has 0 saturated carbocycles. The Bertz CT molecular complexity index is 8.00. The van der Waals surface area contributed by atoms with Crippen molar-refractivity contribution in [1.29, 1.82) is 0 Å². The molecule has 4 heavy (non-hydrogen) atoms. The minimum absolute atomic E-state index is 0. The van der Waals surface area contributed by atoms with E-state index in [-0.39, 0.29) is 72.6 Å². The summed E-state index contributed by atoms with van der Waals surface area (Å²) in [7, 11) is 0. The van der Waals surface area contributed by atoms with Gasteiger partial charge in [-0.2, -0.15) is 0 Å². The number of rotatable bonds is 0. The molecule has 0 nitrogen and oxygen atoms in total. The van der Waals surface area contributed by atoms with Crippen molar-refractivity contribution in [3.8, 4) is 0 Å². The Morgan fingerprint density at radius 2 is 1.00 bits per heavy atom. The van der Waals surface area contributed by atoms with E-state index in [2.05, 4.69) is 0 Å². The number of hydrogen-bond acceptors (Lipinski definition) is 0. The first kappa shape index (κ1) is 33.9. The molecule has 4 heteroatoms. The molecule has 0 N–H and O–H groups in total. The van der Waals surface area contributed by atoms with E-state index in [0.717, 1.165) is 0 Å². The topological polar surface area (TPSA) is 0 Å². The zero-order chi connectivity index (χ0) is 0. The van der Waals surface area contributed by atoms with Gasteiger partial charge < -0.3 is 0 Å². The van der Waals surface area contributed by atoms with Crippen LogP contribution in [0.25, 0.3) is 0 Å². The molecular weight excluding hydrogens is 214 g/mol. The smallest absolute Gasteiger partial charge is 0 e. The maximum Gasteiger partial charge on any atom is 0 e. The predicted molar refractivity (Wildman–Crippen MR) is 0 cm³/mol. The van der Waals surface area contributed by atoms with Crippen LogP contribution in [0.1, 0.15) is 0 Å². The summed E-state index contributed by atoms with van der Waals surface area (Å²) in [5, 5.41) is 0. The fraction of sp³-hybridized carbons (Fsp3) is 0. The summed E-state index contributed by atoms with van der Waals surface area (Å²) in [4.78, 5) is 0. The second kappa shape index (κ2) is 18.7. The van der Waals surface area contributed by atoms with Crippen molar-refractivity contribution in [2.75, 3.05) is 0 Å². The third kappa shape index (κ3) is 8.86. The average Bonchev–Trinajstić information content (AvgIpc) is 0. The van der Waals surface area contributed by atoms with E-state index in [1.807, 2.05) is 0 Å². The molecule has 0 aromatic rings. The van der Waals surface area contributed by atoms with Gasteiger partial charge in [-0.15, -0.1) is 0 Å². The van der Waals surface area contributed by atoms with Gasteiger partial charge in [0, 0.05) is 72.6 Å². The zero-order valence-corrected chi connectivity index (χ0v) is 6.51. The Morgan fingerprint density at radius 1 is 1.00 bits per heavy atom. The van der Waals surface area contributed by atoms with Crippen molar-refractivity contribution in [3.05, 3.63) is 0 Å². The Balaban J connectivity index is 0. The SMILES string of the molecule is [Cr].[Fe].[Ni].[Ti]. The van der Waals surface area contributed by atoms with Gasteiger partial charge in [0.05, 0.1) is 0 Å². The minimum atomic E-state index is 0. The molecule has 0 saturated heterocycles. The first-order valence-corrected chi connectivity index (χ1v) is 0. The first-order chi connectivity index (χ1) is 0. The standard InChI is InChI=1S/Cr.Fe.Ni.Ti. The van der Waals surface area contributed by atoms with Gasteiger partial charge in [0.15, 0.2) is 0 Å². The molecule has 0 bridgehead atoms. The molecule has 0 spiro atoms. The van der Waals surface area contributed by atoms with Gasteiger partial charge in [-0.1, -0.05) is 0 Å². The molecular formula is CrFeNiTi. The van der Waals surface area contributed by atoms with Crippen molar-refractivity contribution in [2.24, 2.45) is 0 Å². The second-order valence-electron chi connectivity index (χ2n) is 0. The van der Waals surface area contributed by atoms with Gasteiger partial charge in [0.1, 0.15) is 0 Å². The van der Waals surface area contributed by atoms with E-state index >= 15 is 0 Å². The van der Waals surface area contributed by atoms with Crippen molar-refractivity contribution in [2.45, 2.75) is 0 Å². The van der Waals surface area contributed by atoms with Crippen LogP contribution in [-0.4, -0.2) is 0 Å². The predicted octanol–water partition coefficient (Wildman–Crippen LogP) is -0.0100. The maximum absolute atomic E-state index is 0. The monoisotopic (exact) mass is 214 g/mol. The normalized spacial score (nSPS) is 0. The zero-order valence-electron chi connectivity index (χ0n) is 1.58. The molecule has 0 rings (SSSR count). The van der Waals surface area contributed by atoms with Crippen molar-refractivity contribution in [3.63, 3.8) is 0 Å². The fourth-order valence-corrected chi connectivity index (χ4v) is 0. The molecule has 0 radical (unpaired) electrons. The second-order valence-corrected chi connectivity index (χ2v) is 0. The van der Waals surface area contributed by atoms with Gasteiger partial charge in [0.2, 0.25) is 0 Å². The summed E-state index contributed by atoms with van der Waals surface area (Å²) in [6.45, 7) is 0. The molecule has 0 aromatic carbocycles. The Kier molecular flexibility index (Phi) is 158. The van der Waals surface area contributed by atoms with E-state index in [9.17, 15) is 0 Å². The summed E-state index contributed by atoms with van der Waals surface area (Å²) >= 11 is 0. The van der Waals surface area contributed by atoms with E-state index in [4.69, 9.17) is 0 Å². The quantitative estimate of drug-likeness (QED) is 0.498. The van der Waals surface area contributed by atoms with Gasteiger partial charge in [-0.3, -0.25) is 0 Å². The largest absolute Gasteiger partial charge is 0 e. The van der Waals surface area contributed by atoms with Gasteiger partial charge >= 0.3 is 0 Å². The van der Waals surface area contributed by atoms with Crippen LogP contribution in [0.5, 0.6) is 0 Å². The van der Waals surface area contributed by atoms with Crippen LogP contribution in [0.15, 0.2) is 0 Å². The third-order valence-corrected chi connectivity index (χ3v) is 0. The van der Waals surface area contributed by atoms with Crippen molar-refractivity contribution >= 4 is 0 Å². The van der Waals surface area contributed by atoms with Crippen molar-refractivity contribution < 1.29 is 72.6 Å². The van der Waals surface area contributed by atoms with E-state index in [1.165, 1.54) is 0 Å². The summed E-state index contributed by atoms with van der Waals surface area (Å²) in [6, 6.07) is 0. The minimum Gasteiger partial charge on any atom is 0 e. The van der Waals surface area contributed by atoms with Crippen LogP contribution < -0.4 is 0 Å². The third-order valence-electron chi connectivity index (χ3n) is 0. The maximum atomic E-state index is 0. The first-order valence-electron chi connectivity index (χ1n) is 0. The van der Waals surface area contributed by atoms with Crippen LogP contribution in [0.3, 0.4) is 0 Å². The van der Waals surface area contributed by atoms with Gasteiger partial charge in [-0.25, -0.2) is 0 Å². The molecule has 0 amide bonds. The Morgan fingerprint density at radius 3 is 1.00 bits per heavy atom. The fourth-order valence-electron chi connectivity index (χ4n) is 0. The summed E-state index contributed by atoms with van der Waals surface area (Å²) in [5.41, 5.74) is 0. The molecule has 0 aliphatic heterocycles. The van der Waals surface area contributed by atoms with Crippen LogP contribution in [0.2, 0.25) is 0 Å².